The smallest absolute Gasteiger partial charge is 0.307 e. The van der Waals surface area contributed by atoms with E-state index in [4.69, 9.17) is 0 Å². The first-order valence-electron chi connectivity index (χ1n) is 6.87. The molecule has 114 valence electrons. The predicted octanol–water partition coefficient (Wildman–Crippen LogP) is 3.72. The molecule has 0 bridgehead atoms. The van der Waals surface area contributed by atoms with Crippen LogP contribution in [0.15, 0.2) is 59.1 Å². The minimum absolute atomic E-state index is 0.0553. The SMILES string of the molecule is O=C(C[C@@H](Cc1ccc(Br)cc1)C(=O)O)Nc1ccccc1. The van der Waals surface area contributed by atoms with Crippen molar-refractivity contribution < 1.29 is 14.7 Å². The Hall–Kier alpha value is -2.14. The number of carbonyl (C=O) groups is 2. The summed E-state index contributed by atoms with van der Waals surface area (Å²) in [4.78, 5) is 23.4. The average Bonchev–Trinajstić information content (AvgIpc) is 2.49. The van der Waals surface area contributed by atoms with Gasteiger partial charge in [-0.25, -0.2) is 0 Å². The molecule has 1 atom stereocenters. The zero-order valence-corrected chi connectivity index (χ0v) is 13.4. The normalized spacial score (nSPS) is 11.7. The van der Waals surface area contributed by atoms with Crippen LogP contribution >= 0.6 is 15.9 Å². The van der Waals surface area contributed by atoms with E-state index in [1.54, 1.807) is 12.1 Å². The average molecular weight is 362 g/mol. The van der Waals surface area contributed by atoms with Crippen molar-refractivity contribution >= 4 is 33.5 Å². The molecular weight excluding hydrogens is 346 g/mol. The summed E-state index contributed by atoms with van der Waals surface area (Å²) in [6.07, 6.45) is 0.269. The molecule has 4 nitrogen and oxygen atoms in total. The maximum Gasteiger partial charge on any atom is 0.307 e. The Balaban J connectivity index is 1.98. The Morgan fingerprint density at radius 1 is 1.05 bits per heavy atom. The van der Waals surface area contributed by atoms with E-state index in [1.807, 2.05) is 42.5 Å². The quantitative estimate of drug-likeness (QED) is 0.823. The number of carboxylic acid groups (broad SMARTS) is 1. The van der Waals surface area contributed by atoms with Gasteiger partial charge in [-0.15, -0.1) is 0 Å². The largest absolute Gasteiger partial charge is 0.481 e. The summed E-state index contributed by atoms with van der Waals surface area (Å²) >= 11 is 3.34. The number of carboxylic acids is 1. The first kappa shape index (κ1) is 16.2. The van der Waals surface area contributed by atoms with Crippen molar-refractivity contribution in [1.82, 2.24) is 0 Å². The molecule has 2 aromatic carbocycles. The molecule has 2 aromatic rings. The minimum atomic E-state index is -0.967. The molecule has 5 heteroatoms. The monoisotopic (exact) mass is 361 g/mol. The standard InChI is InChI=1S/C17H16BrNO3/c18-14-8-6-12(7-9-14)10-13(17(21)22)11-16(20)19-15-4-2-1-3-5-15/h1-9,13H,10-11H2,(H,19,20)(H,21,22)/t13-/m1/s1. The number of carbonyl (C=O) groups excluding carboxylic acids is 1. The number of hydrogen-bond donors (Lipinski definition) is 2. The summed E-state index contributed by atoms with van der Waals surface area (Å²) in [6, 6.07) is 16.4. The van der Waals surface area contributed by atoms with Crippen molar-refractivity contribution in [3.63, 3.8) is 0 Å². The summed E-state index contributed by atoms with van der Waals surface area (Å²) in [6.45, 7) is 0. The maximum absolute atomic E-state index is 12.0. The molecule has 0 spiro atoms. The van der Waals surface area contributed by atoms with E-state index in [1.165, 1.54) is 0 Å². The van der Waals surface area contributed by atoms with Crippen LogP contribution in [0.2, 0.25) is 0 Å². The van der Waals surface area contributed by atoms with Crippen molar-refractivity contribution in [3.8, 4) is 0 Å². The molecule has 0 aromatic heterocycles. The van der Waals surface area contributed by atoms with Gasteiger partial charge in [0.05, 0.1) is 5.92 Å². The van der Waals surface area contributed by atoms with Gasteiger partial charge in [-0.2, -0.15) is 0 Å². The molecule has 0 aliphatic carbocycles. The molecule has 0 saturated heterocycles. The number of anilines is 1. The lowest BCUT2D eigenvalue weighted by Gasteiger charge is -2.12. The summed E-state index contributed by atoms with van der Waals surface area (Å²) < 4.78 is 0.935. The molecule has 0 aliphatic rings. The molecule has 0 saturated carbocycles. The maximum atomic E-state index is 12.0. The van der Waals surface area contributed by atoms with E-state index in [0.29, 0.717) is 12.1 Å². The van der Waals surface area contributed by atoms with E-state index in [-0.39, 0.29) is 12.3 Å². The van der Waals surface area contributed by atoms with Gasteiger partial charge in [0.25, 0.3) is 0 Å². The summed E-state index contributed by atoms with van der Waals surface area (Å²) in [5, 5.41) is 12.0. The Kier molecular flexibility index (Phi) is 5.72. The van der Waals surface area contributed by atoms with E-state index in [9.17, 15) is 14.7 Å². The van der Waals surface area contributed by atoms with Crippen LogP contribution in [0.3, 0.4) is 0 Å². The summed E-state index contributed by atoms with van der Waals surface area (Å²) in [5.41, 5.74) is 1.56. The topological polar surface area (TPSA) is 66.4 Å². The molecular formula is C17H16BrNO3. The van der Waals surface area contributed by atoms with Crippen molar-refractivity contribution in [2.75, 3.05) is 5.32 Å². The lowest BCUT2D eigenvalue weighted by atomic mass is 9.96. The van der Waals surface area contributed by atoms with Crippen molar-refractivity contribution in [2.24, 2.45) is 5.92 Å². The van der Waals surface area contributed by atoms with Gasteiger partial charge < -0.3 is 10.4 Å². The second-order valence-electron chi connectivity index (χ2n) is 4.98. The molecule has 1 amide bonds. The molecule has 2 rings (SSSR count). The number of benzene rings is 2. The molecule has 22 heavy (non-hydrogen) atoms. The van der Waals surface area contributed by atoms with E-state index >= 15 is 0 Å². The third-order valence-corrected chi connectivity index (χ3v) is 3.76. The Labute approximate surface area is 137 Å². The fraction of sp³-hybridized carbons (Fsp3) is 0.176. The van der Waals surface area contributed by atoms with Gasteiger partial charge in [-0.05, 0) is 36.2 Å². The highest BCUT2D eigenvalue weighted by Gasteiger charge is 2.21. The summed E-state index contributed by atoms with van der Waals surface area (Å²) in [5.74, 6) is -2.01. The van der Waals surface area contributed by atoms with Crippen molar-refractivity contribution in [1.29, 1.82) is 0 Å². The second-order valence-corrected chi connectivity index (χ2v) is 5.90. The third-order valence-electron chi connectivity index (χ3n) is 3.23. The van der Waals surface area contributed by atoms with Gasteiger partial charge in [0.15, 0.2) is 0 Å². The van der Waals surface area contributed by atoms with Gasteiger partial charge >= 0.3 is 5.97 Å². The molecule has 0 unspecified atom stereocenters. The van der Waals surface area contributed by atoms with Crippen LogP contribution in [0.5, 0.6) is 0 Å². The van der Waals surface area contributed by atoms with E-state index in [0.717, 1.165) is 10.0 Å². The van der Waals surface area contributed by atoms with Gasteiger partial charge in [0.2, 0.25) is 5.91 Å². The Bertz CT molecular complexity index is 641. The van der Waals surface area contributed by atoms with Gasteiger partial charge in [-0.3, -0.25) is 9.59 Å². The first-order valence-corrected chi connectivity index (χ1v) is 7.66. The highest BCUT2D eigenvalue weighted by atomic mass is 79.9. The fourth-order valence-electron chi connectivity index (χ4n) is 2.11. The molecule has 0 radical (unpaired) electrons. The van der Waals surface area contributed by atoms with E-state index < -0.39 is 11.9 Å². The highest BCUT2D eigenvalue weighted by molar-refractivity contribution is 9.10. The van der Waals surface area contributed by atoms with Gasteiger partial charge in [0, 0.05) is 16.6 Å². The second kappa shape index (κ2) is 7.75. The van der Waals surface area contributed by atoms with Crippen LogP contribution in [0, 0.1) is 5.92 Å². The van der Waals surface area contributed by atoms with Crippen LogP contribution < -0.4 is 5.32 Å². The zero-order chi connectivity index (χ0) is 15.9. The Morgan fingerprint density at radius 3 is 2.27 bits per heavy atom. The van der Waals surface area contributed by atoms with Gasteiger partial charge in [-0.1, -0.05) is 46.3 Å². The third kappa shape index (κ3) is 5.00. The van der Waals surface area contributed by atoms with Crippen molar-refractivity contribution in [2.45, 2.75) is 12.8 Å². The Morgan fingerprint density at radius 2 is 1.68 bits per heavy atom. The lowest BCUT2D eigenvalue weighted by Crippen LogP contribution is -2.24. The molecule has 0 aliphatic heterocycles. The number of amides is 1. The number of halogens is 1. The fourth-order valence-corrected chi connectivity index (χ4v) is 2.37. The first-order chi connectivity index (χ1) is 10.5. The van der Waals surface area contributed by atoms with Gasteiger partial charge in [0.1, 0.15) is 0 Å². The van der Waals surface area contributed by atoms with Crippen LogP contribution in [-0.2, 0) is 16.0 Å². The van der Waals surface area contributed by atoms with Crippen LogP contribution in [-0.4, -0.2) is 17.0 Å². The molecule has 0 fully saturated rings. The van der Waals surface area contributed by atoms with Crippen LogP contribution in [0.1, 0.15) is 12.0 Å². The number of para-hydroxylation sites is 1. The molecule has 0 heterocycles. The number of hydrogen-bond acceptors (Lipinski definition) is 2. The predicted molar refractivity (Wildman–Crippen MR) is 88.7 cm³/mol. The number of aliphatic carboxylic acids is 1. The minimum Gasteiger partial charge on any atom is -0.481 e. The summed E-state index contributed by atoms with van der Waals surface area (Å²) in [7, 11) is 0. The van der Waals surface area contributed by atoms with Crippen molar-refractivity contribution in [3.05, 3.63) is 64.6 Å². The van der Waals surface area contributed by atoms with E-state index in [2.05, 4.69) is 21.2 Å². The van der Waals surface area contributed by atoms with Crippen LogP contribution in [0.4, 0.5) is 5.69 Å². The number of rotatable bonds is 6. The van der Waals surface area contributed by atoms with Crippen LogP contribution in [0.25, 0.3) is 0 Å². The number of nitrogens with one attached hydrogen (secondary N) is 1. The zero-order valence-electron chi connectivity index (χ0n) is 11.8. The lowest BCUT2D eigenvalue weighted by molar-refractivity contribution is -0.143. The highest BCUT2D eigenvalue weighted by Crippen LogP contribution is 2.17. The molecule has 2 N–H and O–H groups in total.